The lowest BCUT2D eigenvalue weighted by molar-refractivity contribution is 0.202. The molecule has 6 nitrogen and oxygen atoms in total. The number of nitrogens with zero attached hydrogens (tertiary/aromatic N) is 3. The van der Waals surface area contributed by atoms with Crippen molar-refractivity contribution >= 4 is 5.69 Å². The van der Waals surface area contributed by atoms with Gasteiger partial charge in [0.25, 0.3) is 0 Å². The van der Waals surface area contributed by atoms with Crippen molar-refractivity contribution in [3.63, 3.8) is 0 Å². The Morgan fingerprint density at radius 2 is 2.00 bits per heavy atom. The fraction of sp³-hybridized carbons (Fsp3) is 0.292. The third-order valence-electron chi connectivity index (χ3n) is 5.83. The summed E-state index contributed by atoms with van der Waals surface area (Å²) in [5.41, 5.74) is 12.5. The van der Waals surface area contributed by atoms with E-state index in [-0.39, 0.29) is 11.9 Å². The summed E-state index contributed by atoms with van der Waals surface area (Å²) in [7, 11) is 0. The van der Waals surface area contributed by atoms with Crippen LogP contribution >= 0.6 is 0 Å². The van der Waals surface area contributed by atoms with E-state index in [1.165, 1.54) is 17.7 Å². The Labute approximate surface area is 182 Å². The highest BCUT2D eigenvalue weighted by Crippen LogP contribution is 2.34. The van der Waals surface area contributed by atoms with Gasteiger partial charge in [-0.3, -0.25) is 0 Å². The highest BCUT2D eigenvalue weighted by molar-refractivity contribution is 5.57. The minimum absolute atomic E-state index is 0.0252. The number of rotatable bonds is 5. The quantitative estimate of drug-likeness (QED) is 0.529. The monoisotopic (exact) mass is 420 g/mol. The molecule has 0 saturated carbocycles. The van der Waals surface area contributed by atoms with Crippen LogP contribution in [-0.2, 0) is 6.42 Å². The maximum atomic E-state index is 13.3. The van der Waals surface area contributed by atoms with Crippen molar-refractivity contribution in [1.82, 2.24) is 14.6 Å². The van der Waals surface area contributed by atoms with Crippen molar-refractivity contribution in [3.8, 4) is 5.69 Å². The van der Waals surface area contributed by atoms with E-state index in [4.69, 9.17) is 11.6 Å². The maximum Gasteiger partial charge on any atom is 0.123 e. The average Bonchev–Trinajstić information content (AvgIpc) is 3.20. The van der Waals surface area contributed by atoms with Gasteiger partial charge in [-0.25, -0.2) is 15.2 Å². The number of halogens is 1. The number of benzene rings is 2. The number of aromatic nitrogens is 2. The summed E-state index contributed by atoms with van der Waals surface area (Å²) < 4.78 is 15.3. The number of allylic oxidation sites excluding steroid dienone is 1. The van der Waals surface area contributed by atoms with E-state index in [0.717, 1.165) is 54.0 Å². The molecule has 162 valence electrons. The third kappa shape index (κ3) is 4.41. The predicted molar refractivity (Wildman–Crippen MR) is 122 cm³/mol. The van der Waals surface area contributed by atoms with Crippen LogP contribution in [0, 0.1) is 12.7 Å². The normalized spacial score (nSPS) is 18.2. The summed E-state index contributed by atoms with van der Waals surface area (Å²) in [6.45, 7) is 4.11. The van der Waals surface area contributed by atoms with Crippen molar-refractivity contribution in [3.05, 3.63) is 89.1 Å². The van der Waals surface area contributed by atoms with Crippen molar-refractivity contribution in [2.45, 2.75) is 45.6 Å². The van der Waals surface area contributed by atoms with Gasteiger partial charge in [-0.15, -0.1) is 0 Å². The first-order valence-electron chi connectivity index (χ1n) is 10.6. The zero-order valence-corrected chi connectivity index (χ0v) is 18.0. The molecule has 1 aromatic heterocycles. The number of hydrazine groups is 1. The Morgan fingerprint density at radius 1 is 1.23 bits per heavy atom. The molecule has 1 unspecified atom stereocenters. The molecule has 0 amide bonds. The highest BCUT2D eigenvalue weighted by Gasteiger charge is 2.26. The first-order chi connectivity index (χ1) is 15.0. The van der Waals surface area contributed by atoms with Gasteiger partial charge >= 0.3 is 0 Å². The molecule has 4 rings (SSSR count). The number of piperidine rings is 1. The van der Waals surface area contributed by atoms with Crippen LogP contribution in [0.3, 0.4) is 0 Å². The Bertz CT molecular complexity index is 1090. The lowest BCUT2D eigenvalue weighted by atomic mass is 9.95. The summed E-state index contributed by atoms with van der Waals surface area (Å²) in [6.07, 6.45) is 7.39. The summed E-state index contributed by atoms with van der Waals surface area (Å²) >= 11 is 0. The van der Waals surface area contributed by atoms with Crippen LogP contribution in [0.1, 0.15) is 49.0 Å². The average molecular weight is 421 g/mol. The van der Waals surface area contributed by atoms with Crippen LogP contribution < -0.4 is 16.9 Å². The molecule has 2 aromatic carbocycles. The van der Waals surface area contributed by atoms with Gasteiger partial charge in [0.15, 0.2) is 0 Å². The zero-order valence-electron chi connectivity index (χ0n) is 18.0. The van der Waals surface area contributed by atoms with Gasteiger partial charge < -0.3 is 20.6 Å². The number of hydrogen-bond donors (Lipinski definition) is 3. The van der Waals surface area contributed by atoms with E-state index in [1.54, 1.807) is 17.1 Å². The molecule has 1 aliphatic rings. The number of nitrogens with two attached hydrogens (primary N) is 2. The van der Waals surface area contributed by atoms with Gasteiger partial charge in [-0.2, -0.15) is 0 Å². The molecule has 7 heteroatoms. The van der Waals surface area contributed by atoms with Crippen LogP contribution in [0.15, 0.2) is 66.5 Å². The standard InChI is InChI=1S/C24H29FN6/c1-3-17-13-20(11-12-21(17)30-14-16(2)28-15-30)29-24(26)23-6-4-5-22(31(23)27)18-7-9-19(25)10-8-18/h7-15,22,29H,3-6,26-27H2,1-2H3/b24-23+. The maximum absolute atomic E-state index is 13.3. The topological polar surface area (TPSA) is 85.1 Å². The number of anilines is 1. The van der Waals surface area contributed by atoms with Gasteiger partial charge in [-0.1, -0.05) is 19.1 Å². The largest absolute Gasteiger partial charge is 0.384 e. The molecule has 3 aromatic rings. The molecule has 0 spiro atoms. The first kappa shape index (κ1) is 20.9. The predicted octanol–water partition coefficient (Wildman–Crippen LogP) is 4.52. The molecule has 1 saturated heterocycles. The Balaban J connectivity index is 1.57. The van der Waals surface area contributed by atoms with Gasteiger partial charge in [0.2, 0.25) is 0 Å². The molecule has 2 heterocycles. The molecule has 31 heavy (non-hydrogen) atoms. The minimum atomic E-state index is -0.249. The van der Waals surface area contributed by atoms with Crippen molar-refractivity contribution in [2.24, 2.45) is 11.6 Å². The lowest BCUT2D eigenvalue weighted by Crippen LogP contribution is -2.39. The number of hydrogen-bond acceptors (Lipinski definition) is 5. The van der Waals surface area contributed by atoms with Crippen molar-refractivity contribution in [1.29, 1.82) is 0 Å². The number of aryl methyl sites for hydroxylation is 2. The summed E-state index contributed by atoms with van der Waals surface area (Å²) in [4.78, 5) is 4.33. The second kappa shape index (κ2) is 8.81. The zero-order chi connectivity index (χ0) is 22.0. The molecular weight excluding hydrogens is 391 g/mol. The van der Waals surface area contributed by atoms with Gasteiger partial charge in [0, 0.05) is 17.6 Å². The van der Waals surface area contributed by atoms with Crippen LogP contribution in [0.25, 0.3) is 5.69 Å². The molecule has 0 aliphatic carbocycles. The molecule has 5 N–H and O–H groups in total. The van der Waals surface area contributed by atoms with Crippen LogP contribution in [0.4, 0.5) is 10.1 Å². The molecule has 0 radical (unpaired) electrons. The minimum Gasteiger partial charge on any atom is -0.384 e. The second-order valence-corrected chi connectivity index (χ2v) is 7.97. The van der Waals surface area contributed by atoms with Crippen molar-refractivity contribution in [2.75, 3.05) is 5.32 Å². The molecule has 1 atom stereocenters. The van der Waals surface area contributed by atoms with E-state index in [2.05, 4.69) is 29.4 Å². The van der Waals surface area contributed by atoms with Crippen LogP contribution in [0.2, 0.25) is 0 Å². The van der Waals surface area contributed by atoms with E-state index >= 15 is 0 Å². The summed E-state index contributed by atoms with van der Waals surface area (Å²) in [5.74, 6) is 6.75. The molecule has 1 fully saturated rings. The summed E-state index contributed by atoms with van der Waals surface area (Å²) in [6, 6.07) is 12.7. The Hall–Kier alpha value is -3.32. The second-order valence-electron chi connectivity index (χ2n) is 7.97. The SMILES string of the molecule is CCc1cc(N/C(N)=C2\CCCC(c3ccc(F)cc3)N2N)ccc1-n1cnc(C)c1. The molecular formula is C24H29FN6. The number of imidazole rings is 1. The summed E-state index contributed by atoms with van der Waals surface area (Å²) in [5, 5.41) is 5.06. The van der Waals surface area contributed by atoms with Gasteiger partial charge in [-0.05, 0) is 74.1 Å². The fourth-order valence-corrected chi connectivity index (χ4v) is 4.18. The number of nitrogens with one attached hydrogen (secondary N) is 1. The van der Waals surface area contributed by atoms with Gasteiger partial charge in [0.1, 0.15) is 11.6 Å². The van der Waals surface area contributed by atoms with Crippen LogP contribution in [-0.4, -0.2) is 14.6 Å². The van der Waals surface area contributed by atoms with E-state index in [1.807, 2.05) is 30.1 Å². The first-order valence-corrected chi connectivity index (χ1v) is 10.6. The molecule has 1 aliphatic heterocycles. The lowest BCUT2D eigenvalue weighted by Gasteiger charge is -2.37. The van der Waals surface area contributed by atoms with E-state index < -0.39 is 0 Å². The van der Waals surface area contributed by atoms with E-state index in [9.17, 15) is 4.39 Å². The van der Waals surface area contributed by atoms with Gasteiger partial charge in [0.05, 0.1) is 23.8 Å². The van der Waals surface area contributed by atoms with E-state index in [0.29, 0.717) is 5.82 Å². The third-order valence-corrected chi connectivity index (χ3v) is 5.83. The van der Waals surface area contributed by atoms with Crippen molar-refractivity contribution < 1.29 is 4.39 Å². The highest BCUT2D eigenvalue weighted by atomic mass is 19.1. The Morgan fingerprint density at radius 3 is 2.68 bits per heavy atom. The molecule has 0 bridgehead atoms. The Kier molecular flexibility index (Phi) is 5.95. The van der Waals surface area contributed by atoms with Crippen LogP contribution in [0.5, 0.6) is 0 Å². The smallest absolute Gasteiger partial charge is 0.123 e. The fourth-order valence-electron chi connectivity index (χ4n) is 4.18.